The lowest BCUT2D eigenvalue weighted by molar-refractivity contribution is -0.162. The van der Waals surface area contributed by atoms with E-state index in [9.17, 15) is 9.59 Å². The third-order valence-electron chi connectivity index (χ3n) is 7.69. The molecule has 39 heavy (non-hydrogen) atoms. The van der Waals surface area contributed by atoms with Crippen molar-refractivity contribution in [2.75, 3.05) is 13.1 Å². The second-order valence-electron chi connectivity index (χ2n) is 10.9. The quantitative estimate of drug-likeness (QED) is 0.387. The van der Waals surface area contributed by atoms with Crippen molar-refractivity contribution < 1.29 is 14.3 Å². The number of nitrogens with one attached hydrogen (secondary N) is 1. The third-order valence-corrected chi connectivity index (χ3v) is 7.69. The third kappa shape index (κ3) is 6.63. The second-order valence-corrected chi connectivity index (χ2v) is 10.9. The molecule has 2 heterocycles. The highest BCUT2D eigenvalue weighted by Crippen LogP contribution is 2.35. The van der Waals surface area contributed by atoms with Crippen LogP contribution in [0.1, 0.15) is 44.2 Å². The number of carbonyl (C=O) groups is 2. The number of nitrogens with zero attached hydrogens (tertiary/aromatic N) is 2. The van der Waals surface area contributed by atoms with Gasteiger partial charge < -0.3 is 15.0 Å². The molecule has 5 rings (SSSR count). The molecule has 6 nitrogen and oxygen atoms in total. The van der Waals surface area contributed by atoms with Crippen molar-refractivity contribution in [1.82, 2.24) is 15.1 Å². The summed E-state index contributed by atoms with van der Waals surface area (Å²) < 4.78 is 5.92. The number of halogens is 1. The number of hydrogen-bond acceptors (Lipinski definition) is 4. The van der Waals surface area contributed by atoms with Crippen LogP contribution in [-0.4, -0.2) is 46.3 Å². The molecule has 0 radical (unpaired) electrons. The van der Waals surface area contributed by atoms with E-state index in [1.54, 1.807) is 0 Å². The topological polar surface area (TPSA) is 61.9 Å². The number of ether oxygens (including phenoxy) is 1. The number of hydrogen-bond donors (Lipinski definition) is 1. The number of likely N-dealkylation sites (tertiary alicyclic amines) is 1. The van der Waals surface area contributed by atoms with Gasteiger partial charge >= 0.3 is 0 Å². The van der Waals surface area contributed by atoms with Gasteiger partial charge in [0.2, 0.25) is 11.8 Å². The van der Waals surface area contributed by atoms with Gasteiger partial charge in [0, 0.05) is 26.2 Å². The zero-order valence-corrected chi connectivity index (χ0v) is 23.5. The minimum absolute atomic E-state index is 0. The van der Waals surface area contributed by atoms with Gasteiger partial charge in [0.25, 0.3) is 0 Å². The van der Waals surface area contributed by atoms with Crippen LogP contribution in [0.2, 0.25) is 0 Å². The Labute approximate surface area is 237 Å². The van der Waals surface area contributed by atoms with Crippen LogP contribution >= 0.6 is 12.4 Å². The molecule has 206 valence electrons. The molecule has 0 bridgehead atoms. The zero-order valence-electron chi connectivity index (χ0n) is 22.7. The fourth-order valence-corrected chi connectivity index (χ4v) is 5.63. The predicted molar refractivity (Wildman–Crippen MR) is 156 cm³/mol. The number of amides is 2. The van der Waals surface area contributed by atoms with Crippen LogP contribution in [-0.2, 0) is 22.7 Å². The average molecular weight is 548 g/mol. The van der Waals surface area contributed by atoms with Gasteiger partial charge in [-0.3, -0.25) is 14.5 Å². The van der Waals surface area contributed by atoms with Gasteiger partial charge in [-0.2, -0.15) is 0 Å². The van der Waals surface area contributed by atoms with Gasteiger partial charge in [-0.15, -0.1) is 12.4 Å². The highest BCUT2D eigenvalue weighted by Gasteiger charge is 2.53. The van der Waals surface area contributed by atoms with E-state index < -0.39 is 11.6 Å². The lowest BCUT2D eigenvalue weighted by Gasteiger charge is -2.52. The molecular weight excluding hydrogens is 510 g/mol. The van der Waals surface area contributed by atoms with Crippen LogP contribution in [0.5, 0.6) is 11.5 Å². The first kappa shape index (κ1) is 28.7. The number of para-hydroxylation sites is 1. The summed E-state index contributed by atoms with van der Waals surface area (Å²) in [6.07, 6.45) is 1.91. The first-order chi connectivity index (χ1) is 18.4. The Balaban J connectivity index is 0.00000353. The Morgan fingerprint density at radius 3 is 2.00 bits per heavy atom. The maximum absolute atomic E-state index is 13.7. The summed E-state index contributed by atoms with van der Waals surface area (Å²) in [7, 11) is 0. The van der Waals surface area contributed by atoms with Gasteiger partial charge in [-0.05, 0) is 60.6 Å². The monoisotopic (exact) mass is 547 g/mol. The van der Waals surface area contributed by atoms with Crippen LogP contribution < -0.4 is 10.1 Å². The van der Waals surface area contributed by atoms with Crippen molar-refractivity contribution >= 4 is 24.2 Å². The molecule has 3 aromatic rings. The lowest BCUT2D eigenvalue weighted by Crippen LogP contribution is -2.72. The predicted octanol–water partition coefficient (Wildman–Crippen LogP) is 5.81. The smallest absolute Gasteiger partial charge is 0.246 e. The average Bonchev–Trinajstić information content (AvgIpc) is 2.93. The van der Waals surface area contributed by atoms with Gasteiger partial charge in [-0.25, -0.2) is 0 Å². The number of rotatable bonds is 8. The Bertz CT molecular complexity index is 1230. The van der Waals surface area contributed by atoms with E-state index in [4.69, 9.17) is 4.74 Å². The number of carbonyl (C=O) groups excluding carboxylic acids is 2. The largest absolute Gasteiger partial charge is 0.457 e. The van der Waals surface area contributed by atoms with Gasteiger partial charge in [0.05, 0.1) is 0 Å². The van der Waals surface area contributed by atoms with E-state index >= 15 is 0 Å². The van der Waals surface area contributed by atoms with E-state index in [-0.39, 0.29) is 24.2 Å². The molecule has 0 aliphatic carbocycles. The summed E-state index contributed by atoms with van der Waals surface area (Å²) in [6, 6.07) is 27.5. The Morgan fingerprint density at radius 1 is 0.821 bits per heavy atom. The molecule has 2 saturated heterocycles. The highest BCUT2D eigenvalue weighted by atomic mass is 35.5. The molecular formula is C32H38ClN3O3. The van der Waals surface area contributed by atoms with Crippen molar-refractivity contribution in [2.24, 2.45) is 5.92 Å². The Morgan fingerprint density at radius 2 is 1.38 bits per heavy atom. The summed E-state index contributed by atoms with van der Waals surface area (Å²) in [5.74, 6) is 1.99. The van der Waals surface area contributed by atoms with E-state index in [2.05, 4.69) is 36.2 Å². The van der Waals surface area contributed by atoms with Gasteiger partial charge in [0.1, 0.15) is 23.1 Å². The SMILES string of the molecule is CC(C)CC1NC(=O)C2(CCN(Cc3ccc(Oc4ccccc4)cc3)CC2)N(Cc2ccccc2)C1=O.Cl. The zero-order chi connectivity index (χ0) is 26.5. The van der Waals surface area contributed by atoms with Gasteiger partial charge in [0.15, 0.2) is 0 Å². The Kier molecular flexibility index (Phi) is 9.31. The molecule has 2 fully saturated rings. The van der Waals surface area contributed by atoms with Crippen LogP contribution in [0.25, 0.3) is 0 Å². The van der Waals surface area contributed by atoms with Crippen LogP contribution in [0.4, 0.5) is 0 Å². The van der Waals surface area contributed by atoms with Gasteiger partial charge in [-0.1, -0.05) is 74.5 Å². The van der Waals surface area contributed by atoms with Crippen molar-refractivity contribution in [1.29, 1.82) is 0 Å². The minimum Gasteiger partial charge on any atom is -0.457 e. The molecule has 1 spiro atoms. The first-order valence-electron chi connectivity index (χ1n) is 13.6. The van der Waals surface area contributed by atoms with E-state index in [1.165, 1.54) is 5.56 Å². The van der Waals surface area contributed by atoms with Crippen LogP contribution in [0.15, 0.2) is 84.9 Å². The second kappa shape index (κ2) is 12.7. The molecule has 0 saturated carbocycles. The van der Waals surface area contributed by atoms with Crippen molar-refractivity contribution in [2.45, 2.75) is 57.8 Å². The summed E-state index contributed by atoms with van der Waals surface area (Å²) >= 11 is 0. The lowest BCUT2D eigenvalue weighted by atomic mass is 9.80. The summed E-state index contributed by atoms with van der Waals surface area (Å²) in [5.41, 5.74) is 1.45. The molecule has 1 N–H and O–H groups in total. The molecule has 3 aromatic carbocycles. The molecule has 1 unspecified atom stereocenters. The standard InChI is InChI=1S/C32H37N3O3.ClH/c1-24(2)21-29-30(36)35(23-25-9-5-3-6-10-25)32(31(37)33-29)17-19-34(20-18-32)22-26-13-15-28(16-14-26)38-27-11-7-4-8-12-27;/h3-16,24,29H,17-23H2,1-2H3,(H,33,37);1H. The first-order valence-corrected chi connectivity index (χ1v) is 13.6. The number of piperazine rings is 1. The van der Waals surface area contributed by atoms with Crippen molar-refractivity contribution in [3.63, 3.8) is 0 Å². The Hall–Kier alpha value is -3.35. The van der Waals surface area contributed by atoms with Crippen molar-refractivity contribution in [3.05, 3.63) is 96.1 Å². The summed E-state index contributed by atoms with van der Waals surface area (Å²) in [6.45, 7) is 6.94. The maximum Gasteiger partial charge on any atom is 0.246 e. The molecule has 2 amide bonds. The fraction of sp³-hybridized carbons (Fsp3) is 0.375. The molecule has 7 heteroatoms. The highest BCUT2D eigenvalue weighted by molar-refractivity contribution is 6.00. The molecule has 0 aromatic heterocycles. The number of benzene rings is 3. The summed E-state index contributed by atoms with van der Waals surface area (Å²) in [4.78, 5) is 31.6. The van der Waals surface area contributed by atoms with Crippen molar-refractivity contribution in [3.8, 4) is 11.5 Å². The van der Waals surface area contributed by atoms with E-state index in [1.807, 2.05) is 77.7 Å². The fourth-order valence-electron chi connectivity index (χ4n) is 5.63. The molecule has 2 aliphatic heterocycles. The maximum atomic E-state index is 13.7. The van der Waals surface area contributed by atoms with E-state index in [0.717, 1.165) is 36.7 Å². The van der Waals surface area contributed by atoms with E-state index in [0.29, 0.717) is 31.7 Å². The van der Waals surface area contributed by atoms with Crippen LogP contribution in [0, 0.1) is 5.92 Å². The normalized spacial score (nSPS) is 19.1. The molecule has 2 aliphatic rings. The molecule has 1 atom stereocenters. The number of piperidine rings is 1. The van der Waals surface area contributed by atoms with Crippen LogP contribution in [0.3, 0.4) is 0 Å². The minimum atomic E-state index is -0.801. The summed E-state index contributed by atoms with van der Waals surface area (Å²) in [5, 5.41) is 3.10.